The number of hydroxylamine groups is 2. The summed E-state index contributed by atoms with van der Waals surface area (Å²) in [5.74, 6) is -0.464. The molecule has 0 fully saturated rings. The van der Waals surface area contributed by atoms with Crippen molar-refractivity contribution in [2.24, 2.45) is 0 Å². The van der Waals surface area contributed by atoms with Crippen LogP contribution < -0.4 is 0 Å². The number of methoxy groups -OCH3 is 3. The molecule has 1 aromatic carbocycles. The minimum atomic E-state index is -2.40. The molecule has 0 unspecified atom stereocenters. The van der Waals surface area contributed by atoms with Crippen molar-refractivity contribution in [1.82, 2.24) is 5.06 Å². The van der Waals surface area contributed by atoms with Gasteiger partial charge in [0.2, 0.25) is 8.32 Å². The van der Waals surface area contributed by atoms with Crippen LogP contribution in [0.3, 0.4) is 0 Å². The summed E-state index contributed by atoms with van der Waals surface area (Å²) in [6, 6.07) is 9.07. The second-order valence-corrected chi connectivity index (χ2v) is 14.2. The molecule has 0 N–H and O–H groups in total. The van der Waals surface area contributed by atoms with E-state index < -0.39 is 32.7 Å². The Hall–Kier alpha value is -2.20. The van der Waals surface area contributed by atoms with E-state index in [0.29, 0.717) is 19.3 Å². The zero-order chi connectivity index (χ0) is 25.8. The van der Waals surface area contributed by atoms with Gasteiger partial charge in [-0.25, -0.2) is 9.59 Å². The SMILES string of the molecule is COC(=O)/C=C/C[C@@H](CCC(OC)OC)N(O[Si](C)(C)C(C)(C)C)C(=O)OCc1ccccc1. The molecule has 0 aromatic heterocycles. The number of benzene rings is 1. The monoisotopic (exact) mass is 495 g/mol. The van der Waals surface area contributed by atoms with E-state index in [1.807, 2.05) is 30.3 Å². The van der Waals surface area contributed by atoms with E-state index in [4.69, 9.17) is 23.5 Å². The number of carbonyl (C=O) groups excluding carboxylic acids is 2. The Morgan fingerprint density at radius 2 is 1.65 bits per heavy atom. The minimum Gasteiger partial charge on any atom is -0.466 e. The predicted molar refractivity (Wildman–Crippen MR) is 133 cm³/mol. The smallest absolute Gasteiger partial charge is 0.433 e. The van der Waals surface area contributed by atoms with E-state index in [0.717, 1.165) is 5.56 Å². The Morgan fingerprint density at radius 3 is 2.18 bits per heavy atom. The summed E-state index contributed by atoms with van der Waals surface area (Å²) in [5.41, 5.74) is 0.879. The van der Waals surface area contributed by atoms with Crippen molar-refractivity contribution in [3.8, 4) is 0 Å². The van der Waals surface area contributed by atoms with E-state index in [1.54, 1.807) is 20.3 Å². The van der Waals surface area contributed by atoms with Gasteiger partial charge in [0.1, 0.15) is 6.61 Å². The molecule has 8 nitrogen and oxygen atoms in total. The average molecular weight is 496 g/mol. The number of rotatable bonds is 13. The van der Waals surface area contributed by atoms with Crippen LogP contribution in [-0.4, -0.2) is 59.1 Å². The normalized spacial score (nSPS) is 13.2. The van der Waals surface area contributed by atoms with Crippen LogP contribution >= 0.6 is 0 Å². The summed E-state index contributed by atoms with van der Waals surface area (Å²) < 4.78 is 27.5. The molecule has 0 aliphatic rings. The van der Waals surface area contributed by atoms with Crippen molar-refractivity contribution in [1.29, 1.82) is 0 Å². The highest BCUT2D eigenvalue weighted by atomic mass is 28.4. The largest absolute Gasteiger partial charge is 0.466 e. The van der Waals surface area contributed by atoms with Gasteiger partial charge >= 0.3 is 12.1 Å². The molecule has 9 heteroatoms. The molecule has 34 heavy (non-hydrogen) atoms. The fourth-order valence-corrected chi connectivity index (χ4v) is 3.80. The lowest BCUT2D eigenvalue weighted by molar-refractivity contribution is -0.134. The Balaban J connectivity index is 3.20. The Kier molecular flexibility index (Phi) is 12.5. The quantitative estimate of drug-likeness (QED) is 0.118. The van der Waals surface area contributed by atoms with Gasteiger partial charge in [0.05, 0.1) is 13.2 Å². The molecule has 0 spiro atoms. The maximum absolute atomic E-state index is 13.3. The summed E-state index contributed by atoms with van der Waals surface area (Å²) in [6.45, 7) is 10.6. The van der Waals surface area contributed by atoms with Crippen LogP contribution in [-0.2, 0) is 34.9 Å². The maximum Gasteiger partial charge on any atom is 0.433 e. The van der Waals surface area contributed by atoms with Gasteiger partial charge in [-0.05, 0) is 36.5 Å². The van der Waals surface area contributed by atoms with Crippen LogP contribution in [0.5, 0.6) is 0 Å². The van der Waals surface area contributed by atoms with Crippen LogP contribution in [0, 0.1) is 0 Å². The number of amides is 1. The number of carbonyl (C=O) groups is 2. The highest BCUT2D eigenvalue weighted by molar-refractivity contribution is 6.74. The highest BCUT2D eigenvalue weighted by Crippen LogP contribution is 2.38. The first-order chi connectivity index (χ1) is 15.9. The van der Waals surface area contributed by atoms with Crippen molar-refractivity contribution in [3.05, 3.63) is 48.0 Å². The zero-order valence-corrected chi connectivity index (χ0v) is 22.8. The van der Waals surface area contributed by atoms with Gasteiger partial charge in [0.25, 0.3) is 0 Å². The molecule has 0 saturated carbocycles. The lowest BCUT2D eigenvalue weighted by atomic mass is 10.1. The molecule has 1 atom stereocenters. The lowest BCUT2D eigenvalue weighted by Crippen LogP contribution is -2.52. The van der Waals surface area contributed by atoms with Crippen molar-refractivity contribution in [2.75, 3.05) is 21.3 Å². The van der Waals surface area contributed by atoms with Crippen LogP contribution in [0.25, 0.3) is 0 Å². The number of ether oxygens (including phenoxy) is 4. The first-order valence-corrected chi connectivity index (χ1v) is 14.3. The Morgan fingerprint density at radius 1 is 1.03 bits per heavy atom. The van der Waals surface area contributed by atoms with Crippen LogP contribution in [0.2, 0.25) is 18.1 Å². The summed E-state index contributed by atoms with van der Waals surface area (Å²) in [4.78, 5) is 24.9. The molecular weight excluding hydrogens is 454 g/mol. The van der Waals surface area contributed by atoms with Crippen LogP contribution in [0.4, 0.5) is 4.79 Å². The highest BCUT2D eigenvalue weighted by Gasteiger charge is 2.42. The van der Waals surface area contributed by atoms with Gasteiger partial charge in [-0.3, -0.25) is 0 Å². The van der Waals surface area contributed by atoms with Gasteiger partial charge in [0, 0.05) is 26.7 Å². The van der Waals surface area contributed by atoms with Gasteiger partial charge < -0.3 is 23.5 Å². The topological polar surface area (TPSA) is 83.5 Å². The van der Waals surface area contributed by atoms with Gasteiger partial charge in [0.15, 0.2) is 6.29 Å². The summed E-state index contributed by atoms with van der Waals surface area (Å²) in [6.07, 6.45) is 3.41. The molecule has 0 aliphatic heterocycles. The fourth-order valence-electron chi connectivity index (χ4n) is 2.81. The fraction of sp³-hybridized carbons (Fsp3) is 0.600. The number of hydrogen-bond donors (Lipinski definition) is 0. The van der Waals surface area contributed by atoms with E-state index >= 15 is 0 Å². The minimum absolute atomic E-state index is 0.126. The van der Waals surface area contributed by atoms with Crippen molar-refractivity contribution < 1.29 is 33.1 Å². The molecule has 1 aromatic rings. The lowest BCUT2D eigenvalue weighted by Gasteiger charge is -2.41. The molecule has 0 heterocycles. The first-order valence-electron chi connectivity index (χ1n) is 11.4. The molecule has 192 valence electrons. The van der Waals surface area contributed by atoms with E-state index in [9.17, 15) is 9.59 Å². The molecule has 0 saturated heterocycles. The number of hydrogen-bond acceptors (Lipinski definition) is 7. The predicted octanol–water partition coefficient (Wildman–Crippen LogP) is 5.45. The number of esters is 1. The van der Waals surface area contributed by atoms with Crippen molar-refractivity contribution in [2.45, 2.75) is 77.1 Å². The van der Waals surface area contributed by atoms with Gasteiger partial charge in [-0.2, -0.15) is 5.06 Å². The second-order valence-electron chi connectivity index (χ2n) is 9.51. The van der Waals surface area contributed by atoms with E-state index in [2.05, 4.69) is 33.9 Å². The summed E-state index contributed by atoms with van der Waals surface area (Å²) in [7, 11) is 2.06. The standard InChI is InChI=1S/C25H41NO7Si/c1-25(2,3)34(7,8)33-26(24(28)32-19-20-13-10-9-11-14-20)21(15-12-16-22(27)29-4)17-18-23(30-5)31-6/h9-14,16,21,23H,15,17-19H2,1-8H3/b16-12+/t21-/m0/s1. The Bertz CT molecular complexity index is 773. The third-order valence-corrected chi connectivity index (χ3v) is 10.2. The maximum atomic E-state index is 13.3. The zero-order valence-electron chi connectivity index (χ0n) is 21.8. The molecular formula is C25H41NO7Si. The third-order valence-electron chi connectivity index (χ3n) is 5.97. The summed E-state index contributed by atoms with van der Waals surface area (Å²) >= 11 is 0. The van der Waals surface area contributed by atoms with Crippen molar-refractivity contribution in [3.63, 3.8) is 0 Å². The molecule has 1 rings (SSSR count). The molecule has 0 radical (unpaired) electrons. The van der Waals surface area contributed by atoms with Gasteiger partial charge in [-0.1, -0.05) is 57.2 Å². The van der Waals surface area contributed by atoms with Crippen molar-refractivity contribution >= 4 is 20.4 Å². The van der Waals surface area contributed by atoms with Gasteiger partial charge in [-0.15, -0.1) is 0 Å². The number of nitrogens with zero attached hydrogens (tertiary/aromatic N) is 1. The molecule has 1 amide bonds. The second kappa shape index (κ2) is 14.3. The average Bonchev–Trinajstić information content (AvgIpc) is 2.80. The first kappa shape index (κ1) is 29.8. The third kappa shape index (κ3) is 9.96. The van der Waals surface area contributed by atoms with Crippen LogP contribution in [0.15, 0.2) is 42.5 Å². The molecule has 0 aliphatic carbocycles. The van der Waals surface area contributed by atoms with E-state index in [1.165, 1.54) is 18.2 Å². The summed E-state index contributed by atoms with van der Waals surface area (Å²) in [5, 5.41) is 1.21. The Labute approximate surface area is 205 Å². The molecule has 0 bridgehead atoms. The van der Waals surface area contributed by atoms with E-state index in [-0.39, 0.29) is 11.6 Å². The van der Waals surface area contributed by atoms with Crippen LogP contribution in [0.1, 0.15) is 45.6 Å².